The van der Waals surface area contributed by atoms with Crippen LogP contribution in [0.3, 0.4) is 0 Å². The number of anilines is 1. The van der Waals surface area contributed by atoms with Crippen molar-refractivity contribution < 1.29 is 0 Å². The van der Waals surface area contributed by atoms with Crippen LogP contribution in [0.2, 0.25) is 10.0 Å². The first kappa shape index (κ1) is 18.6. The van der Waals surface area contributed by atoms with Gasteiger partial charge in [-0.2, -0.15) is 0 Å². The highest BCUT2D eigenvalue weighted by atomic mass is 35.5. The summed E-state index contributed by atoms with van der Waals surface area (Å²) in [6.07, 6.45) is 5.02. The molecule has 0 amide bonds. The number of hydrogen-bond donors (Lipinski definition) is 1. The molecule has 0 unspecified atom stereocenters. The number of H-pyrrole nitrogens is 1. The maximum atomic E-state index is 12.5. The van der Waals surface area contributed by atoms with Crippen LogP contribution in [0, 0.1) is 5.41 Å². The van der Waals surface area contributed by atoms with Gasteiger partial charge >= 0.3 is 0 Å². The summed E-state index contributed by atoms with van der Waals surface area (Å²) in [6, 6.07) is 5.43. The fourth-order valence-corrected chi connectivity index (χ4v) is 4.25. The molecule has 7 heteroatoms. The van der Waals surface area contributed by atoms with E-state index in [1.165, 1.54) is 18.2 Å². The van der Waals surface area contributed by atoms with Crippen LogP contribution in [0.5, 0.6) is 0 Å². The van der Waals surface area contributed by atoms with Crippen molar-refractivity contribution in [3.63, 3.8) is 0 Å². The Balaban J connectivity index is 1.76. The first-order valence-electron chi connectivity index (χ1n) is 8.38. The predicted octanol–water partition coefficient (Wildman–Crippen LogP) is 5.24. The molecule has 1 aromatic heterocycles. The summed E-state index contributed by atoms with van der Waals surface area (Å²) in [5, 5.41) is 1.62. The van der Waals surface area contributed by atoms with Crippen molar-refractivity contribution in [2.45, 2.75) is 43.0 Å². The van der Waals surface area contributed by atoms with Gasteiger partial charge < -0.3 is 9.88 Å². The molecule has 1 aliphatic heterocycles. The van der Waals surface area contributed by atoms with Gasteiger partial charge in [-0.25, -0.2) is 4.98 Å². The number of nitrogens with zero attached hydrogens (tertiary/aromatic N) is 2. The van der Waals surface area contributed by atoms with Crippen LogP contribution >= 0.6 is 35.0 Å². The third kappa shape index (κ3) is 4.15. The number of rotatable bonds is 4. The van der Waals surface area contributed by atoms with Crippen molar-refractivity contribution in [3.05, 3.63) is 44.8 Å². The molecule has 0 atom stereocenters. The second kappa shape index (κ2) is 7.60. The van der Waals surface area contributed by atoms with Crippen molar-refractivity contribution in [2.75, 3.05) is 18.0 Å². The highest BCUT2D eigenvalue weighted by Crippen LogP contribution is 2.37. The van der Waals surface area contributed by atoms with Crippen molar-refractivity contribution >= 4 is 40.8 Å². The molecule has 1 fully saturated rings. The van der Waals surface area contributed by atoms with E-state index in [1.54, 1.807) is 12.3 Å². The third-order valence-corrected chi connectivity index (χ3v) is 6.92. The second-order valence-corrected chi connectivity index (χ2v) is 8.57. The maximum Gasteiger partial charge on any atom is 0.291 e. The molecule has 25 heavy (non-hydrogen) atoms. The van der Waals surface area contributed by atoms with E-state index in [4.69, 9.17) is 23.2 Å². The molecule has 1 aromatic carbocycles. The number of halogens is 2. The van der Waals surface area contributed by atoms with E-state index in [-0.39, 0.29) is 5.56 Å². The van der Waals surface area contributed by atoms with Gasteiger partial charge in [-0.15, -0.1) is 0 Å². The van der Waals surface area contributed by atoms with Crippen LogP contribution in [0.1, 0.15) is 33.1 Å². The van der Waals surface area contributed by atoms with Gasteiger partial charge in [-0.3, -0.25) is 4.79 Å². The summed E-state index contributed by atoms with van der Waals surface area (Å²) < 4.78 is 0. The lowest BCUT2D eigenvalue weighted by atomic mass is 9.78. The van der Waals surface area contributed by atoms with E-state index in [0.717, 1.165) is 30.8 Å². The molecular formula is C18H21Cl2N3OS. The summed E-state index contributed by atoms with van der Waals surface area (Å²) in [4.78, 5) is 22.7. The Morgan fingerprint density at radius 1 is 1.32 bits per heavy atom. The second-order valence-electron chi connectivity index (χ2n) is 6.71. The lowest BCUT2D eigenvalue weighted by molar-refractivity contribution is 0.237. The molecule has 134 valence electrons. The van der Waals surface area contributed by atoms with Crippen molar-refractivity contribution in [1.82, 2.24) is 9.97 Å². The first-order chi connectivity index (χ1) is 11.9. The van der Waals surface area contributed by atoms with E-state index < -0.39 is 0 Å². The zero-order chi connectivity index (χ0) is 18.0. The summed E-state index contributed by atoms with van der Waals surface area (Å²) >= 11 is 13.6. The fraction of sp³-hybridized carbons (Fsp3) is 0.444. The van der Waals surface area contributed by atoms with Gasteiger partial charge in [-0.1, -0.05) is 61.3 Å². The third-order valence-electron chi connectivity index (χ3n) is 5.00. The summed E-state index contributed by atoms with van der Waals surface area (Å²) in [5.74, 6) is 0.500. The van der Waals surface area contributed by atoms with Crippen LogP contribution < -0.4 is 10.5 Å². The topological polar surface area (TPSA) is 49.0 Å². The quantitative estimate of drug-likeness (QED) is 0.765. The minimum absolute atomic E-state index is 0.164. The average molecular weight is 398 g/mol. The van der Waals surface area contributed by atoms with Crippen molar-refractivity contribution in [1.29, 1.82) is 0 Å². The standard InChI is InChI=1S/C18H21Cl2N3OS/c1-3-18(2)7-9-23(10-8-18)16-17(24)22-14(11-21-16)25-13-6-4-5-12(19)15(13)20/h4-6,11H,3,7-10H2,1-2H3,(H,22,24). The molecule has 3 rings (SSSR count). The molecule has 1 aliphatic rings. The normalized spacial score (nSPS) is 16.9. The van der Waals surface area contributed by atoms with Gasteiger partial charge in [-0.05, 0) is 30.4 Å². The van der Waals surface area contributed by atoms with Gasteiger partial charge in [0, 0.05) is 18.0 Å². The Labute approximate surface area is 161 Å². The van der Waals surface area contributed by atoms with Crippen LogP contribution in [-0.2, 0) is 0 Å². The van der Waals surface area contributed by atoms with E-state index >= 15 is 0 Å². The predicted molar refractivity (Wildman–Crippen MR) is 105 cm³/mol. The Bertz CT molecular complexity index is 816. The lowest BCUT2D eigenvalue weighted by Gasteiger charge is -2.39. The van der Waals surface area contributed by atoms with Crippen LogP contribution in [-0.4, -0.2) is 23.1 Å². The van der Waals surface area contributed by atoms with Gasteiger partial charge in [0.05, 0.1) is 21.3 Å². The molecule has 0 bridgehead atoms. The van der Waals surface area contributed by atoms with E-state index in [0.29, 0.717) is 26.3 Å². The molecule has 0 saturated carbocycles. The minimum Gasteiger partial charge on any atom is -0.352 e. The molecule has 2 aromatic rings. The maximum absolute atomic E-state index is 12.5. The molecule has 0 spiro atoms. The summed E-state index contributed by atoms with van der Waals surface area (Å²) in [5.41, 5.74) is 0.214. The molecule has 0 aliphatic carbocycles. The minimum atomic E-state index is -0.164. The van der Waals surface area contributed by atoms with Crippen LogP contribution in [0.25, 0.3) is 0 Å². The fourth-order valence-electron chi connectivity index (χ4n) is 2.95. The molecule has 1 saturated heterocycles. The zero-order valence-electron chi connectivity index (χ0n) is 14.3. The highest BCUT2D eigenvalue weighted by molar-refractivity contribution is 7.99. The van der Waals surface area contributed by atoms with Crippen molar-refractivity contribution in [2.24, 2.45) is 5.41 Å². The van der Waals surface area contributed by atoms with E-state index in [9.17, 15) is 4.79 Å². The molecule has 4 nitrogen and oxygen atoms in total. The highest BCUT2D eigenvalue weighted by Gasteiger charge is 2.29. The number of nitrogens with one attached hydrogen (secondary N) is 1. The van der Waals surface area contributed by atoms with Crippen molar-refractivity contribution in [3.8, 4) is 0 Å². The number of piperidine rings is 1. The van der Waals surface area contributed by atoms with E-state index in [2.05, 4.69) is 28.7 Å². The Kier molecular flexibility index (Phi) is 5.66. The summed E-state index contributed by atoms with van der Waals surface area (Å²) in [7, 11) is 0. The van der Waals surface area contributed by atoms with Gasteiger partial charge in [0.2, 0.25) is 0 Å². The monoisotopic (exact) mass is 397 g/mol. The van der Waals surface area contributed by atoms with Crippen LogP contribution in [0.15, 0.2) is 39.1 Å². The SMILES string of the molecule is CCC1(C)CCN(c2ncc(Sc3cccc(Cl)c3Cl)[nH]c2=O)CC1. The molecule has 2 heterocycles. The Morgan fingerprint density at radius 2 is 2.04 bits per heavy atom. The van der Waals surface area contributed by atoms with Crippen LogP contribution in [0.4, 0.5) is 5.82 Å². The number of aromatic nitrogens is 2. The first-order valence-corrected chi connectivity index (χ1v) is 9.95. The lowest BCUT2D eigenvalue weighted by Crippen LogP contribution is -2.41. The van der Waals surface area contributed by atoms with Gasteiger partial charge in [0.15, 0.2) is 5.82 Å². The molecule has 1 N–H and O–H groups in total. The summed E-state index contributed by atoms with van der Waals surface area (Å²) in [6.45, 7) is 6.28. The molecular weight excluding hydrogens is 377 g/mol. The number of hydrogen-bond acceptors (Lipinski definition) is 4. The smallest absolute Gasteiger partial charge is 0.291 e. The Morgan fingerprint density at radius 3 is 2.68 bits per heavy atom. The average Bonchev–Trinajstić information content (AvgIpc) is 2.60. The molecule has 0 radical (unpaired) electrons. The Hall–Kier alpha value is -1.17. The van der Waals surface area contributed by atoms with Gasteiger partial charge in [0.1, 0.15) is 0 Å². The largest absolute Gasteiger partial charge is 0.352 e. The number of benzene rings is 1. The van der Waals surface area contributed by atoms with Gasteiger partial charge in [0.25, 0.3) is 5.56 Å². The number of aromatic amines is 1. The van der Waals surface area contributed by atoms with E-state index in [1.807, 2.05) is 12.1 Å². The zero-order valence-corrected chi connectivity index (χ0v) is 16.6.